The maximum Gasteiger partial charge on any atom is 0.333 e. The van der Waals surface area contributed by atoms with Crippen LogP contribution in [0.15, 0.2) is 121 Å². The maximum absolute atomic E-state index is 12.7. The molecule has 0 radical (unpaired) electrons. The van der Waals surface area contributed by atoms with Crippen molar-refractivity contribution in [2.24, 2.45) is 0 Å². The van der Waals surface area contributed by atoms with Crippen LogP contribution in [0.4, 0.5) is 0 Å². The van der Waals surface area contributed by atoms with Crippen LogP contribution in [0.5, 0.6) is 11.5 Å². The van der Waals surface area contributed by atoms with Gasteiger partial charge in [-0.25, -0.2) is 9.59 Å². The fourth-order valence-electron chi connectivity index (χ4n) is 5.00. The van der Waals surface area contributed by atoms with Crippen molar-refractivity contribution in [1.82, 2.24) is 0 Å². The molecule has 0 aliphatic heterocycles. The van der Waals surface area contributed by atoms with Crippen LogP contribution in [0.1, 0.15) is 61.1 Å². The molecule has 0 saturated carbocycles. The zero-order chi connectivity index (χ0) is 41.7. The lowest BCUT2D eigenvalue weighted by molar-refractivity contribution is -0.158. The molecule has 57 heavy (non-hydrogen) atoms. The molecule has 0 aliphatic rings. The number of esters is 4. The highest BCUT2D eigenvalue weighted by molar-refractivity contribution is 5.87. The van der Waals surface area contributed by atoms with Crippen molar-refractivity contribution in [2.75, 3.05) is 26.4 Å². The number of ether oxygens (including phenoxy) is 6. The molecule has 0 N–H and O–H groups in total. The van der Waals surface area contributed by atoms with E-state index in [0.717, 1.165) is 29.5 Å². The topological polar surface area (TPSA) is 124 Å². The molecule has 0 heterocycles. The smallest absolute Gasteiger partial charge is 0.333 e. The second-order valence-electron chi connectivity index (χ2n) is 13.7. The molecule has 2 unspecified atom stereocenters. The first kappa shape index (κ1) is 45.2. The Labute approximate surface area is 336 Å². The summed E-state index contributed by atoms with van der Waals surface area (Å²) < 4.78 is 32.1. The van der Waals surface area contributed by atoms with Gasteiger partial charge in [-0.05, 0) is 87.1 Å². The largest absolute Gasteiger partial charge is 0.490 e. The Morgan fingerprint density at radius 2 is 0.912 bits per heavy atom. The minimum Gasteiger partial charge on any atom is -0.490 e. The van der Waals surface area contributed by atoms with E-state index >= 15 is 0 Å². The van der Waals surface area contributed by atoms with Crippen molar-refractivity contribution in [3.8, 4) is 11.5 Å². The van der Waals surface area contributed by atoms with Crippen molar-refractivity contribution >= 4 is 23.9 Å². The van der Waals surface area contributed by atoms with Gasteiger partial charge >= 0.3 is 23.9 Å². The first-order valence-corrected chi connectivity index (χ1v) is 18.8. The standard InChI is InChI=1S/C31H34O5.C16H20O5/c1-5-24-8-10-25(11-9-24)18-26-12-14-27(15-13-26)19-30(32)36-29(21-35-31(33)22(2)3)20-34-28-16-6-23(4)7-17-28;1-11(2)16(18)20-10-15(21-13(4)17)9-19-14-7-5-12(3)6-8-14/h6-17,29H,2,5,18-21H2,1,3-4H3;5-8,15H,1,9-10H2,2-4H3. The molecule has 0 aliphatic carbocycles. The first-order valence-electron chi connectivity index (χ1n) is 18.8. The number of hydrogen-bond acceptors (Lipinski definition) is 10. The van der Waals surface area contributed by atoms with E-state index in [2.05, 4.69) is 44.3 Å². The summed E-state index contributed by atoms with van der Waals surface area (Å²) in [6.45, 7) is 17.6. The van der Waals surface area contributed by atoms with Gasteiger partial charge in [0.1, 0.15) is 37.9 Å². The van der Waals surface area contributed by atoms with Crippen LogP contribution in [0, 0.1) is 13.8 Å². The van der Waals surface area contributed by atoms with Gasteiger partial charge < -0.3 is 28.4 Å². The molecular weight excluding hydrogens is 725 g/mol. The Hall–Kier alpha value is -6.16. The molecule has 0 spiro atoms. The SMILES string of the molecule is C=C(C)C(=O)OCC(COc1ccc(C)cc1)OC(=O)Cc1ccc(Cc2ccc(CC)cc2)cc1.C=C(C)C(=O)OCC(COc1ccc(C)cc1)OC(C)=O. The van der Waals surface area contributed by atoms with Crippen LogP contribution >= 0.6 is 0 Å². The Morgan fingerprint density at radius 3 is 1.30 bits per heavy atom. The van der Waals surface area contributed by atoms with Gasteiger partial charge in [0.05, 0.1) is 6.42 Å². The van der Waals surface area contributed by atoms with Crippen molar-refractivity contribution < 1.29 is 47.6 Å². The van der Waals surface area contributed by atoms with Crippen molar-refractivity contribution in [2.45, 2.75) is 73.0 Å². The predicted molar refractivity (Wildman–Crippen MR) is 219 cm³/mol. The minimum atomic E-state index is -0.743. The monoisotopic (exact) mass is 778 g/mol. The zero-order valence-electron chi connectivity index (χ0n) is 33.8. The Kier molecular flexibility index (Phi) is 18.8. The van der Waals surface area contributed by atoms with Gasteiger partial charge in [-0.15, -0.1) is 0 Å². The molecule has 0 bridgehead atoms. The van der Waals surface area contributed by atoms with Gasteiger partial charge in [-0.3, -0.25) is 9.59 Å². The van der Waals surface area contributed by atoms with Gasteiger partial charge in [-0.1, -0.05) is 104 Å². The summed E-state index contributed by atoms with van der Waals surface area (Å²) >= 11 is 0. The van der Waals surface area contributed by atoms with E-state index in [9.17, 15) is 19.2 Å². The van der Waals surface area contributed by atoms with Gasteiger partial charge in [0, 0.05) is 18.1 Å². The van der Waals surface area contributed by atoms with Gasteiger partial charge in [0.25, 0.3) is 0 Å². The average Bonchev–Trinajstić information content (AvgIpc) is 3.19. The average molecular weight is 779 g/mol. The highest BCUT2D eigenvalue weighted by atomic mass is 16.6. The highest BCUT2D eigenvalue weighted by Crippen LogP contribution is 2.16. The fourth-order valence-corrected chi connectivity index (χ4v) is 5.00. The Bertz CT molecular complexity index is 1910. The molecule has 10 heteroatoms. The summed E-state index contributed by atoms with van der Waals surface area (Å²) in [4.78, 5) is 46.9. The van der Waals surface area contributed by atoms with Crippen LogP contribution in [0.25, 0.3) is 0 Å². The number of carbonyl (C=O) groups excluding carboxylic acids is 4. The molecule has 302 valence electrons. The zero-order valence-corrected chi connectivity index (χ0v) is 33.8. The Balaban J connectivity index is 0.000000353. The molecule has 4 aromatic carbocycles. The lowest BCUT2D eigenvalue weighted by Gasteiger charge is -2.19. The predicted octanol–water partition coefficient (Wildman–Crippen LogP) is 8.23. The van der Waals surface area contributed by atoms with E-state index in [1.54, 1.807) is 13.8 Å². The molecule has 0 saturated heterocycles. The normalized spacial score (nSPS) is 11.4. The van der Waals surface area contributed by atoms with Crippen LogP contribution in [-0.4, -0.2) is 62.5 Å². The summed E-state index contributed by atoms with van der Waals surface area (Å²) in [7, 11) is 0. The summed E-state index contributed by atoms with van der Waals surface area (Å²) in [6, 6.07) is 31.6. The summed E-state index contributed by atoms with van der Waals surface area (Å²) in [5.41, 5.74) is 7.40. The lowest BCUT2D eigenvalue weighted by Crippen LogP contribution is -2.31. The highest BCUT2D eigenvalue weighted by Gasteiger charge is 2.20. The van der Waals surface area contributed by atoms with E-state index in [1.165, 1.54) is 23.6 Å². The number of benzene rings is 4. The maximum atomic E-state index is 12.7. The van der Waals surface area contributed by atoms with Crippen LogP contribution < -0.4 is 9.47 Å². The number of rotatable bonds is 19. The summed E-state index contributed by atoms with van der Waals surface area (Å²) in [5.74, 6) is -0.633. The second kappa shape index (κ2) is 23.7. The number of hydrogen-bond donors (Lipinski definition) is 0. The molecule has 2 atom stereocenters. The lowest BCUT2D eigenvalue weighted by atomic mass is 10.0. The molecule has 4 aromatic rings. The minimum absolute atomic E-state index is 0.0635. The third-order valence-electron chi connectivity index (χ3n) is 8.25. The van der Waals surface area contributed by atoms with Gasteiger partial charge in [0.2, 0.25) is 0 Å². The molecule has 4 rings (SSSR count). The van der Waals surface area contributed by atoms with E-state index in [-0.39, 0.29) is 44.0 Å². The Morgan fingerprint density at radius 1 is 0.526 bits per heavy atom. The fraction of sp³-hybridized carbons (Fsp3) is 0.319. The molecule has 0 aromatic heterocycles. The van der Waals surface area contributed by atoms with E-state index in [1.807, 2.05) is 86.6 Å². The summed E-state index contributed by atoms with van der Waals surface area (Å²) in [5, 5.41) is 0. The van der Waals surface area contributed by atoms with Gasteiger partial charge in [0.15, 0.2) is 12.2 Å². The van der Waals surface area contributed by atoms with Crippen molar-refractivity contribution in [3.05, 3.63) is 155 Å². The number of carbonyl (C=O) groups is 4. The number of aryl methyl sites for hydroxylation is 3. The second-order valence-corrected chi connectivity index (χ2v) is 13.7. The van der Waals surface area contributed by atoms with Crippen LogP contribution in [0.3, 0.4) is 0 Å². The molecule has 10 nitrogen and oxygen atoms in total. The van der Waals surface area contributed by atoms with E-state index in [0.29, 0.717) is 11.5 Å². The van der Waals surface area contributed by atoms with Crippen molar-refractivity contribution in [3.63, 3.8) is 0 Å². The molecule has 0 amide bonds. The first-order chi connectivity index (χ1) is 27.2. The van der Waals surface area contributed by atoms with E-state index < -0.39 is 36.1 Å². The quantitative estimate of drug-likeness (QED) is 0.0523. The van der Waals surface area contributed by atoms with Crippen molar-refractivity contribution in [1.29, 1.82) is 0 Å². The van der Waals surface area contributed by atoms with Crippen LogP contribution in [-0.2, 0) is 57.4 Å². The molecule has 0 fully saturated rings. The van der Waals surface area contributed by atoms with Gasteiger partial charge in [-0.2, -0.15) is 0 Å². The van der Waals surface area contributed by atoms with E-state index in [4.69, 9.17) is 28.4 Å². The third kappa shape index (κ3) is 17.9. The van der Waals surface area contributed by atoms with Crippen LogP contribution in [0.2, 0.25) is 0 Å². The molecular formula is C47H54O10. The third-order valence-corrected chi connectivity index (χ3v) is 8.25. The summed E-state index contributed by atoms with van der Waals surface area (Å²) in [6.07, 6.45) is 0.572.